The van der Waals surface area contributed by atoms with Crippen molar-refractivity contribution in [1.82, 2.24) is 5.32 Å². The number of carbonyl (C=O) groups is 1. The molecule has 1 N–H and O–H groups in total. The predicted molar refractivity (Wildman–Crippen MR) is 106 cm³/mol. The Balaban J connectivity index is 1.68. The van der Waals surface area contributed by atoms with Gasteiger partial charge in [-0.25, -0.2) is 0 Å². The molecule has 5 nitrogen and oxygen atoms in total. The number of ether oxygens (including phenoxy) is 2. The number of nitriles is 1. The van der Waals surface area contributed by atoms with Gasteiger partial charge in [-0.15, -0.1) is 0 Å². The van der Waals surface area contributed by atoms with Gasteiger partial charge < -0.3 is 14.8 Å². The van der Waals surface area contributed by atoms with Crippen molar-refractivity contribution in [2.45, 2.75) is 32.2 Å². The van der Waals surface area contributed by atoms with Crippen LogP contribution in [0.1, 0.15) is 42.5 Å². The van der Waals surface area contributed by atoms with Crippen molar-refractivity contribution in [2.75, 3.05) is 13.2 Å². The Labute approximate surface area is 167 Å². The molecule has 0 spiro atoms. The third kappa shape index (κ3) is 4.61. The Morgan fingerprint density at radius 1 is 1.33 bits per heavy atom. The van der Waals surface area contributed by atoms with Gasteiger partial charge >= 0.3 is 0 Å². The summed E-state index contributed by atoms with van der Waals surface area (Å²) in [6, 6.07) is 13.6. The van der Waals surface area contributed by atoms with Gasteiger partial charge in [-0.2, -0.15) is 5.26 Å². The highest BCUT2D eigenvalue weighted by molar-refractivity contribution is 9.10. The number of amides is 1. The van der Waals surface area contributed by atoms with Crippen LogP contribution >= 0.6 is 15.9 Å². The SMILES string of the molecule is CCOc1cc(C#N)cc(Br)c1OCC(=O)NC1CCCc2ccccc21. The highest BCUT2D eigenvalue weighted by Crippen LogP contribution is 2.37. The summed E-state index contributed by atoms with van der Waals surface area (Å²) in [6.45, 7) is 2.16. The van der Waals surface area contributed by atoms with Crippen LogP contribution in [0.25, 0.3) is 0 Å². The normalized spacial score (nSPS) is 15.4. The third-order valence-corrected chi connectivity index (χ3v) is 5.08. The molecule has 140 valence electrons. The zero-order chi connectivity index (χ0) is 19.2. The molecule has 0 saturated heterocycles. The van der Waals surface area contributed by atoms with Crippen LogP contribution in [0.2, 0.25) is 0 Å². The van der Waals surface area contributed by atoms with E-state index in [-0.39, 0.29) is 18.6 Å². The first-order valence-corrected chi connectivity index (χ1v) is 9.78. The maximum absolute atomic E-state index is 12.5. The van der Waals surface area contributed by atoms with Gasteiger partial charge in [0, 0.05) is 6.07 Å². The fourth-order valence-corrected chi connectivity index (χ4v) is 3.87. The van der Waals surface area contributed by atoms with Crippen molar-refractivity contribution in [3.8, 4) is 17.6 Å². The Morgan fingerprint density at radius 2 is 2.15 bits per heavy atom. The lowest BCUT2D eigenvalue weighted by Gasteiger charge is -2.26. The minimum absolute atomic E-state index is 0.0156. The van der Waals surface area contributed by atoms with Crippen LogP contribution in [0.3, 0.4) is 0 Å². The second-order valence-electron chi connectivity index (χ2n) is 6.33. The van der Waals surface area contributed by atoms with E-state index < -0.39 is 0 Å². The third-order valence-electron chi connectivity index (χ3n) is 4.49. The standard InChI is InChI=1S/C21H21BrN2O3/c1-2-26-19-11-14(12-23)10-17(22)21(19)27-13-20(25)24-18-9-5-7-15-6-3-4-8-16(15)18/h3-4,6,8,10-11,18H,2,5,7,9,13H2,1H3,(H,24,25). The molecule has 0 bridgehead atoms. The molecule has 1 amide bonds. The minimum atomic E-state index is -0.185. The van der Waals surface area contributed by atoms with Gasteiger partial charge in [0.1, 0.15) is 0 Å². The number of halogens is 1. The quantitative estimate of drug-likeness (QED) is 0.744. The van der Waals surface area contributed by atoms with Crippen molar-refractivity contribution in [1.29, 1.82) is 5.26 Å². The highest BCUT2D eigenvalue weighted by Gasteiger charge is 2.22. The number of nitrogens with zero attached hydrogens (tertiary/aromatic N) is 1. The molecule has 1 aliphatic carbocycles. The summed E-state index contributed by atoms with van der Waals surface area (Å²) in [5, 5.41) is 12.2. The molecule has 1 atom stereocenters. The molecule has 2 aromatic rings. The number of benzene rings is 2. The van der Waals surface area contributed by atoms with Crippen LogP contribution in [-0.4, -0.2) is 19.1 Å². The van der Waals surface area contributed by atoms with Crippen LogP contribution in [0.15, 0.2) is 40.9 Å². The average Bonchev–Trinajstić information content (AvgIpc) is 2.67. The first kappa shape index (κ1) is 19.2. The molecule has 1 unspecified atom stereocenters. The number of hydrogen-bond acceptors (Lipinski definition) is 4. The van der Waals surface area contributed by atoms with Crippen LogP contribution in [-0.2, 0) is 11.2 Å². The van der Waals surface area contributed by atoms with Crippen molar-refractivity contribution in [3.05, 3.63) is 57.6 Å². The van der Waals surface area contributed by atoms with Crippen molar-refractivity contribution >= 4 is 21.8 Å². The number of nitrogens with one attached hydrogen (secondary N) is 1. The van der Waals surface area contributed by atoms with Crippen molar-refractivity contribution < 1.29 is 14.3 Å². The van der Waals surface area contributed by atoms with Gasteiger partial charge in [-0.1, -0.05) is 24.3 Å². The smallest absolute Gasteiger partial charge is 0.258 e. The molecule has 1 aliphatic rings. The van der Waals surface area contributed by atoms with Crippen LogP contribution in [0.4, 0.5) is 0 Å². The summed E-state index contributed by atoms with van der Waals surface area (Å²) in [7, 11) is 0. The zero-order valence-electron chi connectivity index (χ0n) is 15.1. The van der Waals surface area contributed by atoms with E-state index in [2.05, 4.69) is 39.4 Å². The summed E-state index contributed by atoms with van der Waals surface area (Å²) >= 11 is 3.39. The van der Waals surface area contributed by atoms with Crippen molar-refractivity contribution in [2.24, 2.45) is 0 Å². The summed E-state index contributed by atoms with van der Waals surface area (Å²) < 4.78 is 11.9. The van der Waals surface area contributed by atoms with Gasteiger partial charge in [0.05, 0.1) is 28.8 Å². The van der Waals surface area contributed by atoms with Crippen LogP contribution in [0, 0.1) is 11.3 Å². The fourth-order valence-electron chi connectivity index (χ4n) is 3.31. The molecule has 0 heterocycles. The molecular formula is C21H21BrN2O3. The van der Waals surface area contributed by atoms with E-state index in [0.29, 0.717) is 28.1 Å². The molecule has 0 saturated carbocycles. The molecule has 27 heavy (non-hydrogen) atoms. The summed E-state index contributed by atoms with van der Waals surface area (Å²) in [6.07, 6.45) is 3.03. The van der Waals surface area contributed by atoms with Gasteiger partial charge in [-0.3, -0.25) is 4.79 Å². The van der Waals surface area contributed by atoms with E-state index in [1.165, 1.54) is 11.1 Å². The molecule has 0 fully saturated rings. The van der Waals surface area contributed by atoms with Gasteiger partial charge in [-0.05, 0) is 59.3 Å². The highest BCUT2D eigenvalue weighted by atomic mass is 79.9. The Morgan fingerprint density at radius 3 is 2.93 bits per heavy atom. The van der Waals surface area contributed by atoms with Crippen LogP contribution in [0.5, 0.6) is 11.5 Å². The Bertz CT molecular complexity index is 876. The second kappa shape index (κ2) is 8.92. The fraction of sp³-hybridized carbons (Fsp3) is 0.333. The van der Waals surface area contributed by atoms with E-state index in [1.807, 2.05) is 19.1 Å². The molecule has 6 heteroatoms. The number of aryl methyl sites for hydroxylation is 1. The monoisotopic (exact) mass is 428 g/mol. The Kier molecular flexibility index (Phi) is 6.36. The molecule has 2 aromatic carbocycles. The maximum atomic E-state index is 12.5. The number of fused-ring (bicyclic) bond motifs is 1. The topological polar surface area (TPSA) is 71.3 Å². The Hall–Kier alpha value is -2.52. The molecule has 0 radical (unpaired) electrons. The zero-order valence-corrected chi connectivity index (χ0v) is 16.7. The number of carbonyl (C=O) groups excluding carboxylic acids is 1. The summed E-state index contributed by atoms with van der Waals surface area (Å²) in [5.74, 6) is 0.685. The van der Waals surface area contributed by atoms with Gasteiger partial charge in [0.2, 0.25) is 0 Å². The lowest BCUT2D eigenvalue weighted by Crippen LogP contribution is -2.34. The van der Waals surface area contributed by atoms with E-state index in [1.54, 1.807) is 12.1 Å². The lowest BCUT2D eigenvalue weighted by molar-refractivity contribution is -0.124. The largest absolute Gasteiger partial charge is 0.490 e. The lowest BCUT2D eigenvalue weighted by atomic mass is 9.88. The first-order chi connectivity index (χ1) is 13.1. The van der Waals surface area contributed by atoms with Gasteiger partial charge in [0.25, 0.3) is 5.91 Å². The maximum Gasteiger partial charge on any atom is 0.258 e. The van der Waals surface area contributed by atoms with E-state index in [0.717, 1.165) is 19.3 Å². The minimum Gasteiger partial charge on any atom is -0.490 e. The molecular weight excluding hydrogens is 408 g/mol. The number of hydrogen-bond donors (Lipinski definition) is 1. The van der Waals surface area contributed by atoms with E-state index >= 15 is 0 Å². The predicted octanol–water partition coefficient (Wildman–Crippen LogP) is 4.29. The number of rotatable bonds is 6. The molecule has 0 aromatic heterocycles. The summed E-state index contributed by atoms with van der Waals surface area (Å²) in [4.78, 5) is 12.5. The molecule has 0 aliphatic heterocycles. The average molecular weight is 429 g/mol. The van der Waals surface area contributed by atoms with Gasteiger partial charge in [0.15, 0.2) is 18.1 Å². The van der Waals surface area contributed by atoms with Crippen LogP contribution < -0.4 is 14.8 Å². The van der Waals surface area contributed by atoms with Crippen molar-refractivity contribution in [3.63, 3.8) is 0 Å². The second-order valence-corrected chi connectivity index (χ2v) is 7.18. The first-order valence-electron chi connectivity index (χ1n) is 8.98. The molecule has 3 rings (SSSR count). The van der Waals surface area contributed by atoms with E-state index in [4.69, 9.17) is 14.7 Å². The van der Waals surface area contributed by atoms with E-state index in [9.17, 15) is 4.79 Å². The summed E-state index contributed by atoms with van der Waals surface area (Å²) in [5.41, 5.74) is 2.94.